The molecule has 2 rings (SSSR count). The monoisotopic (exact) mass is 240 g/mol. The van der Waals surface area contributed by atoms with E-state index in [0.717, 1.165) is 19.1 Å². The molecule has 3 atom stereocenters. The summed E-state index contributed by atoms with van der Waals surface area (Å²) in [6.45, 7) is 9.13. The van der Waals surface area contributed by atoms with Gasteiger partial charge in [-0.1, -0.05) is 13.8 Å². The molecule has 2 fully saturated rings. The van der Waals surface area contributed by atoms with E-state index in [9.17, 15) is 0 Å². The zero-order valence-corrected chi connectivity index (χ0v) is 11.5. The van der Waals surface area contributed by atoms with Gasteiger partial charge in [0.1, 0.15) is 0 Å². The molecule has 0 aromatic heterocycles. The summed E-state index contributed by atoms with van der Waals surface area (Å²) in [6.07, 6.45) is 6.80. The van der Waals surface area contributed by atoms with E-state index in [2.05, 4.69) is 24.1 Å². The summed E-state index contributed by atoms with van der Waals surface area (Å²) in [5.74, 6) is 0. The minimum atomic E-state index is 0.493. The second kappa shape index (κ2) is 6.72. The van der Waals surface area contributed by atoms with Crippen molar-refractivity contribution in [3.63, 3.8) is 0 Å². The summed E-state index contributed by atoms with van der Waals surface area (Å²) >= 11 is 0. The average molecular weight is 240 g/mol. The van der Waals surface area contributed by atoms with Crippen molar-refractivity contribution in [2.24, 2.45) is 0 Å². The summed E-state index contributed by atoms with van der Waals surface area (Å²) in [4.78, 5) is 2.61. The SMILES string of the molecule is CCC1CC(NCC2CCCN2CC)CCO1. The fourth-order valence-corrected chi connectivity index (χ4v) is 3.20. The number of hydrogen-bond acceptors (Lipinski definition) is 3. The highest BCUT2D eigenvalue weighted by Gasteiger charge is 2.25. The van der Waals surface area contributed by atoms with Crippen molar-refractivity contribution in [3.05, 3.63) is 0 Å². The molecule has 0 aliphatic carbocycles. The molecule has 3 heteroatoms. The maximum absolute atomic E-state index is 5.72. The van der Waals surface area contributed by atoms with Crippen molar-refractivity contribution in [2.75, 3.05) is 26.2 Å². The molecule has 2 aliphatic rings. The van der Waals surface area contributed by atoms with Crippen molar-refractivity contribution >= 4 is 0 Å². The molecule has 0 bridgehead atoms. The maximum Gasteiger partial charge on any atom is 0.0587 e. The molecule has 0 aromatic rings. The second-order valence-corrected chi connectivity index (χ2v) is 5.46. The summed E-state index contributed by atoms with van der Waals surface area (Å²) < 4.78 is 5.72. The van der Waals surface area contributed by atoms with Gasteiger partial charge in [-0.25, -0.2) is 0 Å². The van der Waals surface area contributed by atoms with Crippen LogP contribution in [0.3, 0.4) is 0 Å². The Morgan fingerprint density at radius 2 is 2.18 bits per heavy atom. The lowest BCUT2D eigenvalue weighted by Crippen LogP contribution is -2.45. The van der Waals surface area contributed by atoms with E-state index in [-0.39, 0.29) is 0 Å². The van der Waals surface area contributed by atoms with Gasteiger partial charge in [-0.3, -0.25) is 4.90 Å². The largest absolute Gasteiger partial charge is 0.378 e. The molecule has 0 amide bonds. The molecular weight excluding hydrogens is 212 g/mol. The highest BCUT2D eigenvalue weighted by molar-refractivity contribution is 4.83. The first-order valence-electron chi connectivity index (χ1n) is 7.42. The number of likely N-dealkylation sites (N-methyl/N-ethyl adjacent to an activating group) is 1. The normalized spacial score (nSPS) is 35.3. The summed E-state index contributed by atoms with van der Waals surface area (Å²) in [6, 6.07) is 1.47. The van der Waals surface area contributed by atoms with Crippen molar-refractivity contribution < 1.29 is 4.74 Å². The van der Waals surface area contributed by atoms with E-state index in [1.54, 1.807) is 0 Å². The third-order valence-electron chi connectivity index (χ3n) is 4.37. The third kappa shape index (κ3) is 3.67. The fraction of sp³-hybridized carbons (Fsp3) is 1.00. The molecule has 100 valence electrons. The molecule has 2 saturated heterocycles. The van der Waals surface area contributed by atoms with E-state index in [1.165, 1.54) is 45.3 Å². The number of rotatable bonds is 5. The first kappa shape index (κ1) is 13.3. The van der Waals surface area contributed by atoms with Gasteiger partial charge in [-0.15, -0.1) is 0 Å². The number of ether oxygens (including phenoxy) is 1. The van der Waals surface area contributed by atoms with Crippen LogP contribution in [0.4, 0.5) is 0 Å². The van der Waals surface area contributed by atoms with Gasteiger partial charge in [0.2, 0.25) is 0 Å². The predicted octanol–water partition coefficient (Wildman–Crippen LogP) is 2.02. The maximum atomic E-state index is 5.72. The fourth-order valence-electron chi connectivity index (χ4n) is 3.20. The van der Waals surface area contributed by atoms with Crippen LogP contribution < -0.4 is 5.32 Å². The van der Waals surface area contributed by atoms with Gasteiger partial charge in [0, 0.05) is 25.2 Å². The van der Waals surface area contributed by atoms with E-state index in [0.29, 0.717) is 12.1 Å². The molecule has 3 nitrogen and oxygen atoms in total. The Hall–Kier alpha value is -0.120. The van der Waals surface area contributed by atoms with Gasteiger partial charge in [0.25, 0.3) is 0 Å². The lowest BCUT2D eigenvalue weighted by atomic mass is 10.0. The quantitative estimate of drug-likeness (QED) is 0.795. The van der Waals surface area contributed by atoms with Crippen molar-refractivity contribution in [1.29, 1.82) is 0 Å². The van der Waals surface area contributed by atoms with Gasteiger partial charge in [0.05, 0.1) is 6.10 Å². The van der Waals surface area contributed by atoms with Crippen LogP contribution in [0, 0.1) is 0 Å². The highest BCUT2D eigenvalue weighted by atomic mass is 16.5. The Bertz CT molecular complexity index is 222. The summed E-state index contributed by atoms with van der Waals surface area (Å²) in [5, 5.41) is 3.77. The first-order valence-corrected chi connectivity index (χ1v) is 7.42. The van der Waals surface area contributed by atoms with Gasteiger partial charge in [-0.2, -0.15) is 0 Å². The number of nitrogens with zero attached hydrogens (tertiary/aromatic N) is 1. The number of likely N-dealkylation sites (tertiary alicyclic amines) is 1. The molecule has 3 unspecified atom stereocenters. The molecule has 0 aromatic carbocycles. The lowest BCUT2D eigenvalue weighted by Gasteiger charge is -2.32. The Morgan fingerprint density at radius 1 is 1.29 bits per heavy atom. The average Bonchev–Trinajstić information content (AvgIpc) is 2.84. The van der Waals surface area contributed by atoms with Crippen molar-refractivity contribution in [1.82, 2.24) is 10.2 Å². The molecule has 0 spiro atoms. The van der Waals surface area contributed by atoms with Crippen LogP contribution in [0.2, 0.25) is 0 Å². The molecule has 17 heavy (non-hydrogen) atoms. The summed E-state index contributed by atoms with van der Waals surface area (Å²) in [7, 11) is 0. The molecule has 2 heterocycles. The zero-order valence-electron chi connectivity index (χ0n) is 11.5. The van der Waals surface area contributed by atoms with Gasteiger partial charge in [-0.05, 0) is 45.2 Å². The lowest BCUT2D eigenvalue weighted by molar-refractivity contribution is -0.000844. The Labute approximate surface area is 106 Å². The second-order valence-electron chi connectivity index (χ2n) is 5.46. The van der Waals surface area contributed by atoms with E-state index in [4.69, 9.17) is 4.74 Å². The van der Waals surface area contributed by atoms with Crippen molar-refractivity contribution in [2.45, 2.75) is 64.1 Å². The van der Waals surface area contributed by atoms with Gasteiger partial charge in [0.15, 0.2) is 0 Å². The van der Waals surface area contributed by atoms with Gasteiger partial charge < -0.3 is 10.1 Å². The van der Waals surface area contributed by atoms with Crippen LogP contribution in [0.15, 0.2) is 0 Å². The van der Waals surface area contributed by atoms with Crippen molar-refractivity contribution in [3.8, 4) is 0 Å². The first-order chi connectivity index (χ1) is 8.33. The van der Waals surface area contributed by atoms with Crippen LogP contribution >= 0.6 is 0 Å². The van der Waals surface area contributed by atoms with Crippen LogP contribution in [-0.2, 0) is 4.74 Å². The standard InChI is InChI=1S/C14H28N2O/c1-3-14-10-12(7-9-17-14)15-11-13-6-5-8-16(13)4-2/h12-15H,3-11H2,1-2H3. The molecule has 0 saturated carbocycles. The van der Waals surface area contributed by atoms with E-state index >= 15 is 0 Å². The molecular formula is C14H28N2O. The van der Waals surface area contributed by atoms with Crippen LogP contribution in [0.25, 0.3) is 0 Å². The topological polar surface area (TPSA) is 24.5 Å². The third-order valence-corrected chi connectivity index (χ3v) is 4.37. The van der Waals surface area contributed by atoms with Gasteiger partial charge >= 0.3 is 0 Å². The van der Waals surface area contributed by atoms with Crippen LogP contribution in [0.5, 0.6) is 0 Å². The minimum absolute atomic E-state index is 0.493. The molecule has 2 aliphatic heterocycles. The van der Waals surface area contributed by atoms with Crippen LogP contribution in [-0.4, -0.2) is 49.3 Å². The Kier molecular flexibility index (Phi) is 5.26. The zero-order chi connectivity index (χ0) is 12.1. The van der Waals surface area contributed by atoms with E-state index < -0.39 is 0 Å². The highest BCUT2D eigenvalue weighted by Crippen LogP contribution is 2.19. The van der Waals surface area contributed by atoms with Crippen LogP contribution in [0.1, 0.15) is 46.0 Å². The smallest absolute Gasteiger partial charge is 0.0587 e. The Morgan fingerprint density at radius 3 is 2.94 bits per heavy atom. The Balaban J connectivity index is 1.70. The summed E-state index contributed by atoms with van der Waals surface area (Å²) in [5.41, 5.74) is 0. The molecule has 1 N–H and O–H groups in total. The van der Waals surface area contributed by atoms with E-state index in [1.807, 2.05) is 0 Å². The minimum Gasteiger partial charge on any atom is -0.378 e. The molecule has 0 radical (unpaired) electrons. The predicted molar refractivity (Wildman–Crippen MR) is 71.3 cm³/mol. The number of hydrogen-bond donors (Lipinski definition) is 1. The number of nitrogens with one attached hydrogen (secondary N) is 1.